The molecule has 2 atom stereocenters. The first-order valence-electron chi connectivity index (χ1n) is 7.42. The van der Waals surface area contributed by atoms with Gasteiger partial charge in [-0.2, -0.15) is 8.42 Å². The van der Waals surface area contributed by atoms with Gasteiger partial charge in [0, 0.05) is 0 Å². The van der Waals surface area contributed by atoms with Gasteiger partial charge in [0.05, 0.1) is 4.90 Å². The summed E-state index contributed by atoms with van der Waals surface area (Å²) in [6, 6.07) is 15.8. The van der Waals surface area contributed by atoms with Crippen LogP contribution in [0.5, 0.6) is 0 Å². The summed E-state index contributed by atoms with van der Waals surface area (Å²) in [6.45, 7) is 5.59. The number of sulfonamides is 1. The summed E-state index contributed by atoms with van der Waals surface area (Å²) in [4.78, 5) is 0.0890. The highest BCUT2D eigenvalue weighted by Crippen LogP contribution is 2.31. The Hall–Kier alpha value is -2.60. The molecule has 1 fully saturated rings. The number of hydrogen-bond acceptors (Lipinski definition) is 4. The maximum atomic E-state index is 12.4. The maximum absolute atomic E-state index is 12.4. The van der Waals surface area contributed by atoms with E-state index < -0.39 is 22.2 Å². The van der Waals surface area contributed by atoms with Crippen LogP contribution in [-0.2, 0) is 19.5 Å². The molecule has 2 aromatic carbocycles. The van der Waals surface area contributed by atoms with Crippen LogP contribution in [0.3, 0.4) is 0 Å². The molecule has 5 nitrogen and oxygen atoms in total. The number of nitrogens with zero attached hydrogens (tertiary/aromatic N) is 1. The first-order valence-corrected chi connectivity index (χ1v) is 8.86. The summed E-state index contributed by atoms with van der Waals surface area (Å²) in [7, 11) is -3.89. The van der Waals surface area contributed by atoms with Gasteiger partial charge in [0.25, 0.3) is 10.0 Å². The van der Waals surface area contributed by atoms with Gasteiger partial charge < -0.3 is 9.47 Å². The molecular weight excluding hydrogens is 326 g/mol. The molecule has 0 spiro atoms. The van der Waals surface area contributed by atoms with Gasteiger partial charge in [-0.1, -0.05) is 59.0 Å². The lowest BCUT2D eigenvalue weighted by Crippen LogP contribution is -2.11. The standard InChI is InChI=1S/C18H17NO4S/c1-3-16-17(14-7-5-4-6-8-14)23-18(22-16)19-24(20,21)15-11-9-13(2)10-12-15/h3-12,16-17H,1H2,2H3/b19-18+. The third-order valence-electron chi connectivity index (χ3n) is 3.64. The Morgan fingerprint density at radius 3 is 2.33 bits per heavy atom. The number of ether oxygens (including phenoxy) is 2. The van der Waals surface area contributed by atoms with Gasteiger partial charge in [0.15, 0.2) is 12.2 Å². The van der Waals surface area contributed by atoms with Gasteiger partial charge in [0.1, 0.15) is 0 Å². The molecule has 2 unspecified atom stereocenters. The Labute approximate surface area is 141 Å². The summed E-state index contributed by atoms with van der Waals surface area (Å²) in [5, 5.41) is 0. The Bertz CT molecular complexity index is 858. The Kier molecular flexibility index (Phi) is 4.40. The second-order valence-electron chi connectivity index (χ2n) is 5.41. The minimum atomic E-state index is -3.89. The molecule has 1 aliphatic rings. The van der Waals surface area contributed by atoms with Crippen LogP contribution in [0, 0.1) is 6.92 Å². The number of benzene rings is 2. The molecule has 0 radical (unpaired) electrons. The lowest BCUT2D eigenvalue weighted by molar-refractivity contribution is 0.194. The maximum Gasteiger partial charge on any atom is 0.401 e. The average molecular weight is 343 g/mol. The van der Waals surface area contributed by atoms with Crippen LogP contribution in [0.25, 0.3) is 0 Å². The second kappa shape index (κ2) is 6.49. The third kappa shape index (κ3) is 3.33. The summed E-state index contributed by atoms with van der Waals surface area (Å²) >= 11 is 0. The van der Waals surface area contributed by atoms with Crippen LogP contribution in [0.4, 0.5) is 0 Å². The van der Waals surface area contributed by atoms with E-state index in [1.165, 1.54) is 12.1 Å². The fraction of sp³-hybridized carbons (Fsp3) is 0.167. The van der Waals surface area contributed by atoms with Gasteiger partial charge in [-0.25, -0.2) is 0 Å². The van der Waals surface area contributed by atoms with Gasteiger partial charge >= 0.3 is 6.08 Å². The Morgan fingerprint density at radius 1 is 1.04 bits per heavy atom. The predicted octanol–water partition coefficient (Wildman–Crippen LogP) is 3.38. The van der Waals surface area contributed by atoms with Crippen LogP contribution >= 0.6 is 0 Å². The highest BCUT2D eigenvalue weighted by atomic mass is 32.2. The predicted molar refractivity (Wildman–Crippen MR) is 91.1 cm³/mol. The van der Waals surface area contributed by atoms with Crippen molar-refractivity contribution >= 4 is 16.1 Å². The Morgan fingerprint density at radius 2 is 1.71 bits per heavy atom. The van der Waals surface area contributed by atoms with E-state index in [4.69, 9.17) is 9.47 Å². The first-order chi connectivity index (χ1) is 11.5. The smallest absolute Gasteiger partial charge is 0.401 e. The van der Waals surface area contributed by atoms with Gasteiger partial charge in [-0.15, -0.1) is 0 Å². The minimum Gasteiger partial charge on any atom is -0.438 e. The summed E-state index contributed by atoms with van der Waals surface area (Å²) in [5.74, 6) is 0. The van der Waals surface area contributed by atoms with Gasteiger partial charge in [-0.3, -0.25) is 0 Å². The first kappa shape index (κ1) is 16.3. The summed E-state index contributed by atoms with van der Waals surface area (Å²) < 4.78 is 39.5. The zero-order chi connectivity index (χ0) is 17.2. The average Bonchev–Trinajstić information content (AvgIpc) is 2.98. The van der Waals surface area contributed by atoms with Crippen molar-refractivity contribution in [2.45, 2.75) is 24.0 Å². The molecule has 0 bridgehead atoms. The molecule has 0 amide bonds. The lowest BCUT2D eigenvalue weighted by Gasteiger charge is -2.11. The van der Waals surface area contributed by atoms with Crippen LogP contribution in [0.2, 0.25) is 0 Å². The molecule has 3 rings (SSSR count). The largest absolute Gasteiger partial charge is 0.438 e. The SMILES string of the molecule is C=CC1O/C(=N\S(=O)(=O)c2ccc(C)cc2)OC1c1ccccc1. The van der Waals surface area contributed by atoms with Crippen molar-refractivity contribution < 1.29 is 17.9 Å². The normalized spacial score (nSPS) is 22.0. The fourth-order valence-electron chi connectivity index (χ4n) is 2.36. The summed E-state index contributed by atoms with van der Waals surface area (Å²) in [5.41, 5.74) is 1.83. The Balaban J connectivity index is 1.88. The zero-order valence-electron chi connectivity index (χ0n) is 13.1. The molecular formula is C18H17NO4S. The third-order valence-corrected chi connectivity index (χ3v) is 4.89. The van der Waals surface area contributed by atoms with Crippen LogP contribution in [0.15, 0.2) is 76.5 Å². The van der Waals surface area contributed by atoms with Crippen molar-refractivity contribution in [2.24, 2.45) is 4.40 Å². The molecule has 1 saturated heterocycles. The molecule has 24 heavy (non-hydrogen) atoms. The molecule has 0 N–H and O–H groups in total. The van der Waals surface area contributed by atoms with E-state index in [9.17, 15) is 8.42 Å². The quantitative estimate of drug-likeness (QED) is 0.798. The monoisotopic (exact) mass is 343 g/mol. The van der Waals surface area contributed by atoms with Crippen molar-refractivity contribution in [1.82, 2.24) is 0 Å². The second-order valence-corrected chi connectivity index (χ2v) is 7.02. The molecule has 1 heterocycles. The van der Waals surface area contributed by atoms with Crippen molar-refractivity contribution in [3.8, 4) is 0 Å². The van der Waals surface area contributed by atoms with E-state index in [1.54, 1.807) is 18.2 Å². The fourth-order valence-corrected chi connectivity index (χ4v) is 3.23. The molecule has 0 aromatic heterocycles. The van der Waals surface area contributed by atoms with E-state index in [0.29, 0.717) is 0 Å². The molecule has 1 aliphatic heterocycles. The van der Waals surface area contributed by atoms with E-state index in [-0.39, 0.29) is 11.0 Å². The molecule has 2 aromatic rings. The molecule has 6 heteroatoms. The highest BCUT2D eigenvalue weighted by Gasteiger charge is 2.35. The molecule has 0 saturated carbocycles. The van der Waals surface area contributed by atoms with Crippen LogP contribution in [-0.4, -0.2) is 20.6 Å². The van der Waals surface area contributed by atoms with Crippen molar-refractivity contribution in [3.05, 3.63) is 78.4 Å². The summed E-state index contributed by atoms with van der Waals surface area (Å²) in [6.07, 6.45) is 0.322. The van der Waals surface area contributed by atoms with E-state index in [2.05, 4.69) is 11.0 Å². The molecule has 124 valence electrons. The number of aryl methyl sites for hydroxylation is 1. The molecule has 0 aliphatic carbocycles. The van der Waals surface area contributed by atoms with Gasteiger partial charge in [0.2, 0.25) is 0 Å². The minimum absolute atomic E-state index is 0.0890. The van der Waals surface area contributed by atoms with E-state index >= 15 is 0 Å². The van der Waals surface area contributed by atoms with E-state index in [1.807, 2.05) is 37.3 Å². The van der Waals surface area contributed by atoms with Crippen molar-refractivity contribution in [3.63, 3.8) is 0 Å². The number of hydrogen-bond donors (Lipinski definition) is 0. The topological polar surface area (TPSA) is 65.0 Å². The van der Waals surface area contributed by atoms with Crippen LogP contribution < -0.4 is 0 Å². The van der Waals surface area contributed by atoms with Crippen LogP contribution in [0.1, 0.15) is 17.2 Å². The van der Waals surface area contributed by atoms with E-state index in [0.717, 1.165) is 11.1 Å². The lowest BCUT2D eigenvalue weighted by atomic mass is 10.1. The van der Waals surface area contributed by atoms with Gasteiger partial charge in [-0.05, 0) is 30.7 Å². The number of rotatable bonds is 4. The van der Waals surface area contributed by atoms with Crippen molar-refractivity contribution in [1.29, 1.82) is 0 Å². The zero-order valence-corrected chi connectivity index (χ0v) is 13.9. The highest BCUT2D eigenvalue weighted by molar-refractivity contribution is 7.90. The van der Waals surface area contributed by atoms with Crippen molar-refractivity contribution in [2.75, 3.05) is 0 Å².